The normalized spacial score (nSPS) is 16.6. The second-order valence-electron chi connectivity index (χ2n) is 5.62. The van der Waals surface area contributed by atoms with Gasteiger partial charge in [-0.25, -0.2) is 0 Å². The minimum absolute atomic E-state index is 0. The van der Waals surface area contributed by atoms with Gasteiger partial charge in [0.25, 0.3) is 0 Å². The van der Waals surface area contributed by atoms with Crippen molar-refractivity contribution in [3.63, 3.8) is 0 Å². The van der Waals surface area contributed by atoms with Gasteiger partial charge in [-0.15, -0.1) is 12.4 Å². The molecule has 7 heteroatoms. The maximum absolute atomic E-state index is 5.58. The Morgan fingerprint density at radius 1 is 1.26 bits per heavy atom. The summed E-state index contributed by atoms with van der Waals surface area (Å²) in [6.45, 7) is 2.45. The number of nitrogens with zero attached hydrogens (tertiary/aromatic N) is 2. The Morgan fingerprint density at radius 2 is 2.04 bits per heavy atom. The average molecular weight is 340 g/mol. The van der Waals surface area contributed by atoms with Gasteiger partial charge in [-0.05, 0) is 38.1 Å². The molecule has 126 valence electrons. The van der Waals surface area contributed by atoms with E-state index in [1.165, 1.54) is 0 Å². The molecule has 3 rings (SSSR count). The molecule has 1 N–H and O–H groups in total. The van der Waals surface area contributed by atoms with Crippen molar-refractivity contribution in [3.8, 4) is 17.1 Å². The first-order chi connectivity index (χ1) is 10.8. The summed E-state index contributed by atoms with van der Waals surface area (Å²) >= 11 is 0. The summed E-state index contributed by atoms with van der Waals surface area (Å²) in [6, 6.07) is 7.66. The number of piperidine rings is 1. The van der Waals surface area contributed by atoms with E-state index in [1.54, 1.807) is 14.2 Å². The van der Waals surface area contributed by atoms with Crippen LogP contribution >= 0.6 is 12.4 Å². The molecule has 23 heavy (non-hydrogen) atoms. The van der Waals surface area contributed by atoms with Gasteiger partial charge < -0.3 is 19.3 Å². The fourth-order valence-electron chi connectivity index (χ4n) is 2.92. The van der Waals surface area contributed by atoms with Crippen molar-refractivity contribution in [2.24, 2.45) is 0 Å². The van der Waals surface area contributed by atoms with Crippen LogP contribution in [0.15, 0.2) is 28.8 Å². The number of halogens is 1. The first-order valence-corrected chi connectivity index (χ1v) is 7.46. The van der Waals surface area contributed by atoms with Crippen LogP contribution in [0.2, 0.25) is 0 Å². The van der Waals surface area contributed by atoms with Gasteiger partial charge in [-0.2, -0.15) is 4.98 Å². The van der Waals surface area contributed by atoms with Crippen molar-refractivity contribution in [2.45, 2.75) is 18.3 Å². The molecule has 0 aliphatic carbocycles. The standard InChI is InChI=1S/C16H21N3O3.ClH/c1-20-11-16(6-8-17-9-7-16)15-18-14(19-22-15)12-4-3-5-13(10-12)21-2;/h3-5,10,17H,6-9,11H2,1-2H3;1H. The van der Waals surface area contributed by atoms with Gasteiger partial charge in [0, 0.05) is 12.7 Å². The summed E-state index contributed by atoms with van der Waals surface area (Å²) in [6.07, 6.45) is 1.86. The fourth-order valence-corrected chi connectivity index (χ4v) is 2.92. The highest BCUT2D eigenvalue weighted by molar-refractivity contribution is 5.85. The molecule has 1 fully saturated rings. The van der Waals surface area contributed by atoms with Gasteiger partial charge in [-0.1, -0.05) is 17.3 Å². The third-order valence-electron chi connectivity index (χ3n) is 4.19. The second kappa shape index (κ2) is 7.77. The van der Waals surface area contributed by atoms with Crippen molar-refractivity contribution in [3.05, 3.63) is 30.2 Å². The van der Waals surface area contributed by atoms with E-state index in [1.807, 2.05) is 24.3 Å². The maximum atomic E-state index is 5.58. The largest absolute Gasteiger partial charge is 0.497 e. The Hall–Kier alpha value is -1.63. The minimum atomic E-state index is -0.190. The summed E-state index contributed by atoms with van der Waals surface area (Å²) in [7, 11) is 3.35. The molecule has 0 saturated carbocycles. The van der Waals surface area contributed by atoms with Crippen LogP contribution in [-0.2, 0) is 10.2 Å². The van der Waals surface area contributed by atoms with E-state index in [0.29, 0.717) is 18.3 Å². The summed E-state index contributed by atoms with van der Waals surface area (Å²) < 4.78 is 16.2. The van der Waals surface area contributed by atoms with Crippen molar-refractivity contribution in [1.29, 1.82) is 0 Å². The van der Waals surface area contributed by atoms with Crippen molar-refractivity contribution < 1.29 is 14.0 Å². The number of methoxy groups -OCH3 is 2. The lowest BCUT2D eigenvalue weighted by Crippen LogP contribution is -2.43. The molecule has 1 aromatic carbocycles. The summed E-state index contributed by atoms with van der Waals surface area (Å²) in [5.74, 6) is 2.02. The van der Waals surface area contributed by atoms with Crippen LogP contribution in [0, 0.1) is 0 Å². The average Bonchev–Trinajstić information content (AvgIpc) is 3.07. The van der Waals surface area contributed by atoms with E-state index in [4.69, 9.17) is 14.0 Å². The Kier molecular flexibility index (Phi) is 5.98. The monoisotopic (exact) mass is 339 g/mol. The lowest BCUT2D eigenvalue weighted by atomic mass is 9.79. The van der Waals surface area contributed by atoms with E-state index in [9.17, 15) is 0 Å². The summed E-state index contributed by atoms with van der Waals surface area (Å²) in [5.41, 5.74) is 0.695. The van der Waals surface area contributed by atoms with Gasteiger partial charge in [0.15, 0.2) is 0 Å². The third-order valence-corrected chi connectivity index (χ3v) is 4.19. The molecule has 6 nitrogen and oxygen atoms in total. The number of benzene rings is 1. The molecule has 2 heterocycles. The molecular formula is C16H22ClN3O3. The molecule has 0 unspecified atom stereocenters. The topological polar surface area (TPSA) is 69.4 Å². The molecule has 0 bridgehead atoms. The molecular weight excluding hydrogens is 318 g/mol. The van der Waals surface area contributed by atoms with Crippen LogP contribution in [0.5, 0.6) is 5.75 Å². The van der Waals surface area contributed by atoms with Crippen LogP contribution < -0.4 is 10.1 Å². The van der Waals surface area contributed by atoms with Gasteiger partial charge in [-0.3, -0.25) is 0 Å². The second-order valence-corrected chi connectivity index (χ2v) is 5.62. The van der Waals surface area contributed by atoms with Crippen LogP contribution in [0.4, 0.5) is 0 Å². The zero-order chi connectivity index (χ0) is 15.4. The Labute approximate surface area is 142 Å². The van der Waals surface area contributed by atoms with Gasteiger partial charge in [0.1, 0.15) is 5.75 Å². The number of nitrogens with one attached hydrogen (secondary N) is 1. The number of hydrogen-bond acceptors (Lipinski definition) is 6. The van der Waals surface area contributed by atoms with Crippen molar-refractivity contribution in [2.75, 3.05) is 33.9 Å². The molecule has 0 spiro atoms. The molecule has 0 atom stereocenters. The summed E-state index contributed by atoms with van der Waals surface area (Å²) in [4.78, 5) is 4.63. The Balaban J connectivity index is 0.00000192. The van der Waals surface area contributed by atoms with Gasteiger partial charge in [0.05, 0.1) is 19.1 Å². The summed E-state index contributed by atoms with van der Waals surface area (Å²) in [5, 5.41) is 7.51. The van der Waals surface area contributed by atoms with Crippen LogP contribution in [-0.4, -0.2) is 44.1 Å². The van der Waals surface area contributed by atoms with Crippen LogP contribution in [0.1, 0.15) is 18.7 Å². The van der Waals surface area contributed by atoms with E-state index in [-0.39, 0.29) is 17.8 Å². The van der Waals surface area contributed by atoms with Crippen molar-refractivity contribution in [1.82, 2.24) is 15.5 Å². The highest BCUT2D eigenvalue weighted by Gasteiger charge is 2.39. The Bertz CT molecular complexity index is 621. The molecule has 2 aromatic rings. The number of aromatic nitrogens is 2. The maximum Gasteiger partial charge on any atom is 0.235 e. The quantitative estimate of drug-likeness (QED) is 0.902. The third kappa shape index (κ3) is 3.65. The number of ether oxygens (including phenoxy) is 2. The Morgan fingerprint density at radius 3 is 2.74 bits per heavy atom. The first-order valence-electron chi connectivity index (χ1n) is 7.46. The zero-order valence-electron chi connectivity index (χ0n) is 13.4. The van der Waals surface area contributed by atoms with Gasteiger partial charge in [0.2, 0.25) is 11.7 Å². The van der Waals surface area contributed by atoms with Gasteiger partial charge >= 0.3 is 0 Å². The van der Waals surface area contributed by atoms with E-state index in [0.717, 1.165) is 37.2 Å². The zero-order valence-corrected chi connectivity index (χ0v) is 14.2. The van der Waals surface area contributed by atoms with Crippen molar-refractivity contribution >= 4 is 12.4 Å². The molecule has 0 radical (unpaired) electrons. The van der Waals surface area contributed by atoms with Crippen LogP contribution in [0.3, 0.4) is 0 Å². The molecule has 1 aliphatic rings. The van der Waals surface area contributed by atoms with Crippen LogP contribution in [0.25, 0.3) is 11.4 Å². The number of rotatable bonds is 5. The molecule has 1 saturated heterocycles. The first kappa shape index (κ1) is 17.7. The lowest BCUT2D eigenvalue weighted by molar-refractivity contribution is 0.0850. The minimum Gasteiger partial charge on any atom is -0.497 e. The number of hydrogen-bond donors (Lipinski definition) is 1. The molecule has 0 amide bonds. The highest BCUT2D eigenvalue weighted by atomic mass is 35.5. The predicted octanol–water partition coefficient (Wildman–Crippen LogP) is 2.43. The van der Waals surface area contributed by atoms with E-state index >= 15 is 0 Å². The van der Waals surface area contributed by atoms with E-state index < -0.39 is 0 Å². The smallest absolute Gasteiger partial charge is 0.235 e. The highest BCUT2D eigenvalue weighted by Crippen LogP contribution is 2.34. The fraction of sp³-hybridized carbons (Fsp3) is 0.500. The lowest BCUT2D eigenvalue weighted by Gasteiger charge is -2.33. The predicted molar refractivity (Wildman–Crippen MR) is 89.2 cm³/mol. The molecule has 1 aliphatic heterocycles. The molecule has 1 aromatic heterocycles. The van der Waals surface area contributed by atoms with E-state index in [2.05, 4.69) is 15.5 Å². The SMILES string of the molecule is COCC1(c2nc(-c3cccc(OC)c3)no2)CCNCC1.Cl.